The minimum atomic E-state index is -0.578. The predicted molar refractivity (Wildman–Crippen MR) is 93.0 cm³/mol. The first-order valence-corrected chi connectivity index (χ1v) is 8.14. The first kappa shape index (κ1) is 17.0. The standard InChI is InChI=1S/C16H20N4O2S/c1-9(2)14(18-10(3)21)15(22)19-12-6-4-5-11(7-12)13-8-23-16(17)20-13/h4-9,14H,1-3H3,(H2,17,20)(H,18,21)(H,19,22). The van der Waals surface area contributed by atoms with Gasteiger partial charge in [0.05, 0.1) is 5.69 Å². The van der Waals surface area contributed by atoms with Gasteiger partial charge in [-0.3, -0.25) is 9.59 Å². The van der Waals surface area contributed by atoms with E-state index in [1.807, 2.05) is 37.4 Å². The highest BCUT2D eigenvalue weighted by Crippen LogP contribution is 2.25. The molecule has 2 amide bonds. The van der Waals surface area contributed by atoms with Gasteiger partial charge in [-0.2, -0.15) is 0 Å². The fraction of sp³-hybridized carbons (Fsp3) is 0.312. The third-order valence-electron chi connectivity index (χ3n) is 3.26. The van der Waals surface area contributed by atoms with Gasteiger partial charge in [-0.05, 0) is 18.1 Å². The van der Waals surface area contributed by atoms with Crippen molar-refractivity contribution in [3.63, 3.8) is 0 Å². The topological polar surface area (TPSA) is 97.1 Å². The van der Waals surface area contributed by atoms with Crippen LogP contribution < -0.4 is 16.4 Å². The Morgan fingerprint density at radius 3 is 2.61 bits per heavy atom. The molecule has 0 aliphatic rings. The molecule has 0 radical (unpaired) electrons. The number of aromatic nitrogens is 1. The number of nitrogens with zero attached hydrogens (tertiary/aromatic N) is 1. The van der Waals surface area contributed by atoms with Crippen LogP contribution in [0.25, 0.3) is 11.3 Å². The summed E-state index contributed by atoms with van der Waals surface area (Å²) in [6.07, 6.45) is 0. The van der Waals surface area contributed by atoms with Crippen molar-refractivity contribution in [1.29, 1.82) is 0 Å². The van der Waals surface area contributed by atoms with E-state index in [2.05, 4.69) is 15.6 Å². The van der Waals surface area contributed by atoms with Crippen LogP contribution >= 0.6 is 11.3 Å². The van der Waals surface area contributed by atoms with E-state index in [0.717, 1.165) is 11.3 Å². The van der Waals surface area contributed by atoms with E-state index in [-0.39, 0.29) is 17.7 Å². The number of hydrogen-bond donors (Lipinski definition) is 3. The van der Waals surface area contributed by atoms with Gasteiger partial charge in [0.1, 0.15) is 6.04 Å². The largest absolute Gasteiger partial charge is 0.375 e. The third kappa shape index (κ3) is 4.53. The molecule has 2 aromatic rings. The highest BCUT2D eigenvalue weighted by molar-refractivity contribution is 7.13. The predicted octanol–water partition coefficient (Wildman–Crippen LogP) is 2.49. The number of carbonyl (C=O) groups excluding carboxylic acids is 2. The van der Waals surface area contributed by atoms with Crippen LogP contribution in [0.1, 0.15) is 20.8 Å². The summed E-state index contributed by atoms with van der Waals surface area (Å²) in [5.74, 6) is -0.490. The molecule has 0 fully saturated rings. The number of amides is 2. The summed E-state index contributed by atoms with van der Waals surface area (Å²) in [5, 5.41) is 7.87. The number of thiazole rings is 1. The first-order valence-electron chi connectivity index (χ1n) is 7.26. The lowest BCUT2D eigenvalue weighted by Gasteiger charge is -2.21. The number of hydrogen-bond acceptors (Lipinski definition) is 5. The summed E-state index contributed by atoms with van der Waals surface area (Å²) in [7, 11) is 0. The normalized spacial score (nSPS) is 12.0. The van der Waals surface area contributed by atoms with Crippen LogP contribution in [0.3, 0.4) is 0 Å². The zero-order valence-electron chi connectivity index (χ0n) is 13.3. The number of nitrogens with one attached hydrogen (secondary N) is 2. The van der Waals surface area contributed by atoms with Crippen molar-refractivity contribution in [3.8, 4) is 11.3 Å². The Bertz CT molecular complexity index is 712. The van der Waals surface area contributed by atoms with E-state index < -0.39 is 6.04 Å². The molecule has 0 spiro atoms. The van der Waals surface area contributed by atoms with Crippen LogP contribution in [-0.2, 0) is 9.59 Å². The Morgan fingerprint density at radius 1 is 1.30 bits per heavy atom. The maximum absolute atomic E-state index is 12.4. The maximum Gasteiger partial charge on any atom is 0.247 e. The Labute approximate surface area is 139 Å². The molecular formula is C16H20N4O2S. The zero-order chi connectivity index (χ0) is 17.0. The number of rotatable bonds is 5. The fourth-order valence-electron chi connectivity index (χ4n) is 2.15. The van der Waals surface area contributed by atoms with Crippen molar-refractivity contribution < 1.29 is 9.59 Å². The smallest absolute Gasteiger partial charge is 0.247 e. The summed E-state index contributed by atoms with van der Waals surface area (Å²) < 4.78 is 0. The molecule has 0 aliphatic carbocycles. The van der Waals surface area contributed by atoms with E-state index in [9.17, 15) is 9.59 Å². The maximum atomic E-state index is 12.4. The lowest BCUT2D eigenvalue weighted by Crippen LogP contribution is -2.46. The van der Waals surface area contributed by atoms with E-state index in [1.165, 1.54) is 18.3 Å². The van der Waals surface area contributed by atoms with Crippen molar-refractivity contribution in [2.24, 2.45) is 5.92 Å². The van der Waals surface area contributed by atoms with Gasteiger partial charge >= 0.3 is 0 Å². The Balaban J connectivity index is 2.16. The Morgan fingerprint density at radius 2 is 2.04 bits per heavy atom. The summed E-state index contributed by atoms with van der Waals surface area (Å²) in [6.45, 7) is 5.17. The first-order chi connectivity index (χ1) is 10.9. The van der Waals surface area contributed by atoms with Crippen molar-refractivity contribution >= 4 is 34.0 Å². The van der Waals surface area contributed by atoms with Gasteiger partial charge < -0.3 is 16.4 Å². The van der Waals surface area contributed by atoms with Crippen molar-refractivity contribution in [2.75, 3.05) is 11.1 Å². The average molecular weight is 332 g/mol. The monoisotopic (exact) mass is 332 g/mol. The summed E-state index contributed by atoms with van der Waals surface area (Å²) in [4.78, 5) is 27.9. The van der Waals surface area contributed by atoms with Crippen LogP contribution in [0.4, 0.5) is 10.8 Å². The molecule has 0 aliphatic heterocycles. The lowest BCUT2D eigenvalue weighted by molar-refractivity contribution is -0.126. The van der Waals surface area contributed by atoms with Crippen LogP contribution in [0.2, 0.25) is 0 Å². The van der Waals surface area contributed by atoms with Gasteiger partial charge in [0, 0.05) is 23.6 Å². The molecule has 1 heterocycles. The van der Waals surface area contributed by atoms with E-state index in [4.69, 9.17) is 5.73 Å². The molecule has 1 unspecified atom stereocenters. The molecule has 23 heavy (non-hydrogen) atoms. The highest BCUT2D eigenvalue weighted by Gasteiger charge is 2.23. The number of nitrogens with two attached hydrogens (primary N) is 1. The molecule has 0 bridgehead atoms. The van der Waals surface area contributed by atoms with Gasteiger partial charge in [-0.25, -0.2) is 4.98 Å². The van der Waals surface area contributed by atoms with Crippen LogP contribution in [0.5, 0.6) is 0 Å². The number of anilines is 2. The Hall–Kier alpha value is -2.41. The number of nitrogen functional groups attached to an aromatic ring is 1. The van der Waals surface area contributed by atoms with Crippen LogP contribution in [-0.4, -0.2) is 22.8 Å². The van der Waals surface area contributed by atoms with E-state index >= 15 is 0 Å². The molecule has 1 atom stereocenters. The molecule has 7 heteroatoms. The van der Waals surface area contributed by atoms with Crippen molar-refractivity contribution in [1.82, 2.24) is 10.3 Å². The molecule has 0 saturated heterocycles. The molecular weight excluding hydrogens is 312 g/mol. The molecule has 6 nitrogen and oxygen atoms in total. The minimum absolute atomic E-state index is 0.0135. The van der Waals surface area contributed by atoms with Crippen molar-refractivity contribution in [3.05, 3.63) is 29.6 Å². The van der Waals surface area contributed by atoms with Crippen LogP contribution in [0, 0.1) is 5.92 Å². The average Bonchev–Trinajstić information content (AvgIpc) is 2.91. The van der Waals surface area contributed by atoms with Gasteiger partial charge in [-0.15, -0.1) is 11.3 Å². The number of benzene rings is 1. The lowest BCUT2D eigenvalue weighted by atomic mass is 10.0. The summed E-state index contributed by atoms with van der Waals surface area (Å²) in [6, 6.07) is 6.78. The molecule has 2 rings (SSSR count). The highest BCUT2D eigenvalue weighted by atomic mass is 32.1. The Kier molecular flexibility index (Phi) is 5.33. The second-order valence-electron chi connectivity index (χ2n) is 5.56. The van der Waals surface area contributed by atoms with Gasteiger partial charge in [-0.1, -0.05) is 26.0 Å². The van der Waals surface area contributed by atoms with Gasteiger partial charge in [0.25, 0.3) is 0 Å². The molecule has 1 aromatic heterocycles. The minimum Gasteiger partial charge on any atom is -0.375 e. The van der Waals surface area contributed by atoms with Gasteiger partial charge in [0.2, 0.25) is 11.8 Å². The molecule has 1 aromatic carbocycles. The number of carbonyl (C=O) groups is 2. The fourth-order valence-corrected chi connectivity index (χ4v) is 2.72. The van der Waals surface area contributed by atoms with E-state index in [0.29, 0.717) is 10.8 Å². The quantitative estimate of drug-likeness (QED) is 0.783. The van der Waals surface area contributed by atoms with Crippen LogP contribution in [0.15, 0.2) is 29.6 Å². The molecule has 0 saturated carbocycles. The zero-order valence-corrected chi connectivity index (χ0v) is 14.1. The second kappa shape index (κ2) is 7.23. The summed E-state index contributed by atoms with van der Waals surface area (Å²) >= 11 is 1.37. The SMILES string of the molecule is CC(=O)NC(C(=O)Nc1cccc(-c2csc(N)n2)c1)C(C)C. The van der Waals surface area contributed by atoms with Gasteiger partial charge in [0.15, 0.2) is 5.13 Å². The van der Waals surface area contributed by atoms with E-state index in [1.54, 1.807) is 6.07 Å². The third-order valence-corrected chi connectivity index (χ3v) is 3.93. The summed E-state index contributed by atoms with van der Waals surface area (Å²) in [5.41, 5.74) is 7.94. The van der Waals surface area contributed by atoms with Crippen molar-refractivity contribution in [2.45, 2.75) is 26.8 Å². The molecule has 4 N–H and O–H groups in total. The second-order valence-corrected chi connectivity index (χ2v) is 6.45. The molecule has 122 valence electrons.